The summed E-state index contributed by atoms with van der Waals surface area (Å²) in [5.74, 6) is -0.202. The lowest BCUT2D eigenvalue weighted by Crippen LogP contribution is -2.22. The molecule has 3 N–H and O–H groups in total. The minimum Gasteiger partial charge on any atom is -0.351 e. The number of rotatable bonds is 4. The fourth-order valence-electron chi connectivity index (χ4n) is 2.37. The van der Waals surface area contributed by atoms with Gasteiger partial charge < -0.3 is 9.88 Å². The Labute approximate surface area is 137 Å². The molecule has 1 amide bonds. The molecule has 0 unspecified atom stereocenters. The number of carbonyl (C=O) groups excluding carboxylic acids is 1. The van der Waals surface area contributed by atoms with E-state index in [2.05, 4.69) is 5.32 Å². The number of fused-ring (bicyclic) bond motifs is 1. The van der Waals surface area contributed by atoms with Crippen molar-refractivity contribution in [3.63, 3.8) is 0 Å². The highest BCUT2D eigenvalue weighted by Crippen LogP contribution is 2.21. The van der Waals surface area contributed by atoms with E-state index in [1.807, 2.05) is 36.0 Å². The molecular formula is C15H15N3O3S2. The Morgan fingerprint density at radius 2 is 2.04 bits per heavy atom. The van der Waals surface area contributed by atoms with Crippen molar-refractivity contribution < 1.29 is 13.2 Å². The van der Waals surface area contributed by atoms with Gasteiger partial charge in [0.15, 0.2) is 0 Å². The number of nitrogens with two attached hydrogens (primary N) is 1. The number of aromatic nitrogens is 1. The summed E-state index contributed by atoms with van der Waals surface area (Å²) < 4.78 is 24.5. The van der Waals surface area contributed by atoms with Crippen LogP contribution in [0.5, 0.6) is 0 Å². The molecule has 1 aromatic carbocycles. The molecule has 6 nitrogen and oxygen atoms in total. The van der Waals surface area contributed by atoms with E-state index in [9.17, 15) is 13.2 Å². The number of nitrogens with zero attached hydrogens (tertiary/aromatic N) is 1. The molecule has 0 atom stereocenters. The monoisotopic (exact) mass is 349 g/mol. The zero-order valence-corrected chi connectivity index (χ0v) is 13.9. The fraction of sp³-hybridized carbons (Fsp3) is 0.133. The lowest BCUT2D eigenvalue weighted by atomic mass is 10.1. The molecule has 2 aromatic heterocycles. The van der Waals surface area contributed by atoms with Gasteiger partial charge in [0.25, 0.3) is 5.91 Å². The van der Waals surface area contributed by atoms with Crippen LogP contribution in [-0.4, -0.2) is 18.9 Å². The molecule has 0 aliphatic carbocycles. The van der Waals surface area contributed by atoms with E-state index in [1.54, 1.807) is 12.1 Å². The van der Waals surface area contributed by atoms with Crippen molar-refractivity contribution in [1.29, 1.82) is 0 Å². The number of benzene rings is 1. The first-order valence-electron chi connectivity index (χ1n) is 6.80. The Balaban J connectivity index is 1.78. The lowest BCUT2D eigenvalue weighted by Gasteiger charge is -2.06. The van der Waals surface area contributed by atoms with Gasteiger partial charge in [-0.2, -0.15) is 0 Å². The van der Waals surface area contributed by atoms with Crippen molar-refractivity contribution in [1.82, 2.24) is 9.88 Å². The molecule has 3 rings (SSSR count). The van der Waals surface area contributed by atoms with Gasteiger partial charge in [-0.3, -0.25) is 4.79 Å². The van der Waals surface area contributed by atoms with Gasteiger partial charge in [-0.1, -0.05) is 6.07 Å². The van der Waals surface area contributed by atoms with Gasteiger partial charge in [-0.05, 0) is 30.3 Å². The molecule has 0 bridgehead atoms. The third-order valence-electron chi connectivity index (χ3n) is 3.51. The van der Waals surface area contributed by atoms with Crippen LogP contribution in [-0.2, 0) is 23.6 Å². The van der Waals surface area contributed by atoms with Crippen molar-refractivity contribution >= 4 is 38.2 Å². The Morgan fingerprint density at radius 3 is 2.74 bits per heavy atom. The quantitative estimate of drug-likeness (QED) is 0.752. The number of thiophene rings is 1. The highest BCUT2D eigenvalue weighted by Gasteiger charge is 2.14. The fourth-order valence-corrected chi connectivity index (χ4v) is 4.09. The highest BCUT2D eigenvalue weighted by atomic mass is 32.2. The number of aryl methyl sites for hydroxylation is 1. The second-order valence-corrected chi connectivity index (χ2v) is 8.07. The molecule has 0 spiro atoms. The van der Waals surface area contributed by atoms with Crippen LogP contribution in [0.2, 0.25) is 0 Å². The van der Waals surface area contributed by atoms with E-state index in [0.717, 1.165) is 27.1 Å². The van der Waals surface area contributed by atoms with E-state index >= 15 is 0 Å². The minimum absolute atomic E-state index is 0.0897. The van der Waals surface area contributed by atoms with E-state index in [0.29, 0.717) is 5.56 Å². The van der Waals surface area contributed by atoms with Crippen molar-refractivity contribution in [2.75, 3.05) is 0 Å². The summed E-state index contributed by atoms with van der Waals surface area (Å²) >= 11 is 1.05. The zero-order chi connectivity index (χ0) is 16.6. The SMILES string of the molecule is Cn1ccc2c(C(=O)NCc3ccc(S(N)(=O)=O)s3)cccc21. The molecule has 8 heteroatoms. The molecular weight excluding hydrogens is 334 g/mol. The Morgan fingerprint density at radius 1 is 1.26 bits per heavy atom. The Hall–Kier alpha value is -2.16. The average molecular weight is 349 g/mol. The van der Waals surface area contributed by atoms with Crippen LogP contribution in [0.4, 0.5) is 0 Å². The van der Waals surface area contributed by atoms with Crippen molar-refractivity contribution in [2.24, 2.45) is 12.2 Å². The predicted octanol–water partition coefficient (Wildman–Crippen LogP) is 1.82. The van der Waals surface area contributed by atoms with Crippen LogP contribution in [0.3, 0.4) is 0 Å². The number of primary sulfonamides is 1. The van der Waals surface area contributed by atoms with Crippen LogP contribution < -0.4 is 10.5 Å². The summed E-state index contributed by atoms with van der Waals surface area (Å²) in [4.78, 5) is 13.1. The topological polar surface area (TPSA) is 94.2 Å². The minimum atomic E-state index is -3.70. The molecule has 0 radical (unpaired) electrons. The molecule has 2 heterocycles. The summed E-state index contributed by atoms with van der Waals surface area (Å²) in [6.07, 6.45) is 1.90. The second-order valence-electron chi connectivity index (χ2n) is 5.11. The molecule has 3 aromatic rings. The van der Waals surface area contributed by atoms with Gasteiger partial charge in [0, 0.05) is 34.6 Å². The number of amides is 1. The van der Waals surface area contributed by atoms with Gasteiger partial charge in [0.2, 0.25) is 10.0 Å². The largest absolute Gasteiger partial charge is 0.351 e. The first-order chi connectivity index (χ1) is 10.9. The Bertz CT molecular complexity index is 986. The van der Waals surface area contributed by atoms with E-state index in [1.165, 1.54) is 6.07 Å². The maximum absolute atomic E-state index is 12.4. The standard InChI is InChI=1S/C15H15N3O3S2/c1-18-8-7-11-12(3-2-4-13(11)18)15(19)17-9-10-5-6-14(22-10)23(16,20)21/h2-8H,9H2,1H3,(H,17,19)(H2,16,20,21). The van der Waals surface area contributed by atoms with Gasteiger partial charge in [-0.25, -0.2) is 13.6 Å². The summed E-state index contributed by atoms with van der Waals surface area (Å²) in [5.41, 5.74) is 1.57. The van der Waals surface area contributed by atoms with Crippen LogP contribution in [0, 0.1) is 0 Å². The van der Waals surface area contributed by atoms with Crippen molar-refractivity contribution in [3.05, 3.63) is 53.0 Å². The van der Waals surface area contributed by atoms with Crippen LogP contribution in [0.1, 0.15) is 15.2 Å². The van der Waals surface area contributed by atoms with E-state index in [4.69, 9.17) is 5.14 Å². The Kier molecular flexibility index (Phi) is 3.97. The number of hydrogen-bond donors (Lipinski definition) is 2. The van der Waals surface area contributed by atoms with Crippen molar-refractivity contribution in [2.45, 2.75) is 10.8 Å². The first-order valence-corrected chi connectivity index (χ1v) is 9.16. The van der Waals surface area contributed by atoms with E-state index < -0.39 is 10.0 Å². The van der Waals surface area contributed by atoms with Crippen LogP contribution in [0.25, 0.3) is 10.9 Å². The maximum atomic E-state index is 12.4. The van der Waals surface area contributed by atoms with E-state index in [-0.39, 0.29) is 16.7 Å². The average Bonchev–Trinajstić information content (AvgIpc) is 3.12. The van der Waals surface area contributed by atoms with Gasteiger partial charge in [0.05, 0.1) is 6.54 Å². The van der Waals surface area contributed by atoms with Gasteiger partial charge in [-0.15, -0.1) is 11.3 Å². The van der Waals surface area contributed by atoms with Crippen molar-refractivity contribution in [3.8, 4) is 0 Å². The highest BCUT2D eigenvalue weighted by molar-refractivity contribution is 7.91. The molecule has 0 aliphatic heterocycles. The summed E-state index contributed by atoms with van der Waals surface area (Å²) in [5, 5.41) is 8.76. The molecule has 23 heavy (non-hydrogen) atoms. The summed E-state index contributed by atoms with van der Waals surface area (Å²) in [6, 6.07) is 10.5. The molecule has 0 saturated heterocycles. The first kappa shape index (κ1) is 15.7. The molecule has 0 saturated carbocycles. The second kappa shape index (κ2) is 5.80. The number of hydrogen-bond acceptors (Lipinski definition) is 4. The molecule has 120 valence electrons. The third kappa shape index (κ3) is 3.14. The number of nitrogens with one attached hydrogen (secondary N) is 1. The summed E-state index contributed by atoms with van der Waals surface area (Å²) in [7, 11) is -1.77. The van der Waals surface area contributed by atoms with Crippen LogP contribution in [0.15, 0.2) is 46.8 Å². The smallest absolute Gasteiger partial charge is 0.252 e. The summed E-state index contributed by atoms with van der Waals surface area (Å²) in [6.45, 7) is 0.252. The maximum Gasteiger partial charge on any atom is 0.252 e. The normalized spacial score (nSPS) is 11.7. The number of carbonyl (C=O) groups is 1. The van der Waals surface area contributed by atoms with Gasteiger partial charge in [0.1, 0.15) is 4.21 Å². The lowest BCUT2D eigenvalue weighted by molar-refractivity contribution is 0.0953. The molecule has 0 fully saturated rings. The third-order valence-corrected chi connectivity index (χ3v) is 6.04. The van der Waals surface area contributed by atoms with Crippen LogP contribution >= 0.6 is 11.3 Å². The number of sulfonamides is 1. The van der Waals surface area contributed by atoms with Gasteiger partial charge >= 0.3 is 0 Å². The molecule has 0 aliphatic rings. The zero-order valence-electron chi connectivity index (χ0n) is 12.3. The predicted molar refractivity (Wildman–Crippen MR) is 89.8 cm³/mol.